The lowest BCUT2D eigenvalue weighted by molar-refractivity contribution is -0.150. The molecule has 7 nitrogen and oxygen atoms in total. The van der Waals surface area contributed by atoms with Crippen molar-refractivity contribution in [1.82, 2.24) is 9.21 Å². The number of carbonyl (C=O) groups is 2. The molecule has 23 heavy (non-hydrogen) atoms. The van der Waals surface area contributed by atoms with Gasteiger partial charge < -0.3 is 10.0 Å². The maximum atomic E-state index is 12.5. The molecule has 1 atom stereocenters. The molecule has 1 fully saturated rings. The number of sulfonamides is 1. The zero-order valence-corrected chi connectivity index (χ0v) is 13.7. The highest BCUT2D eigenvalue weighted by atomic mass is 32.2. The van der Waals surface area contributed by atoms with Gasteiger partial charge in [-0.05, 0) is 18.9 Å². The summed E-state index contributed by atoms with van der Waals surface area (Å²) in [6.07, 6.45) is 0.489. The smallest absolute Gasteiger partial charge is 0.326 e. The van der Waals surface area contributed by atoms with Crippen molar-refractivity contribution in [2.75, 3.05) is 18.8 Å². The Hall–Kier alpha value is -1.93. The van der Waals surface area contributed by atoms with E-state index in [1.807, 2.05) is 6.07 Å². The summed E-state index contributed by atoms with van der Waals surface area (Å²) in [5, 5.41) is 9.22. The van der Waals surface area contributed by atoms with Crippen molar-refractivity contribution in [3.05, 3.63) is 35.9 Å². The molecule has 0 aromatic heterocycles. The predicted octanol–water partition coefficient (Wildman–Crippen LogP) is 0.524. The Bertz CT molecular complexity index is 674. The fourth-order valence-electron chi connectivity index (χ4n) is 2.47. The normalized spacial score (nSPS) is 18.5. The monoisotopic (exact) mass is 340 g/mol. The molecular formula is C15H20N2O5S. The molecule has 1 N–H and O–H groups in total. The highest BCUT2D eigenvalue weighted by Crippen LogP contribution is 2.15. The van der Waals surface area contributed by atoms with Crippen LogP contribution in [0.25, 0.3) is 0 Å². The second-order valence-corrected chi connectivity index (χ2v) is 7.61. The molecule has 8 heteroatoms. The van der Waals surface area contributed by atoms with Gasteiger partial charge in [0, 0.05) is 13.1 Å². The van der Waals surface area contributed by atoms with E-state index in [9.17, 15) is 23.1 Å². The second-order valence-electron chi connectivity index (χ2n) is 5.52. The average Bonchev–Trinajstić information content (AvgIpc) is 2.83. The number of rotatable bonds is 6. The van der Waals surface area contributed by atoms with Gasteiger partial charge in [-0.15, -0.1) is 0 Å². The number of hydrogen-bond acceptors (Lipinski definition) is 4. The molecule has 2 rings (SSSR count). The molecule has 1 heterocycles. The quantitative estimate of drug-likeness (QED) is 0.815. The van der Waals surface area contributed by atoms with Gasteiger partial charge in [0.05, 0.1) is 12.3 Å². The van der Waals surface area contributed by atoms with Gasteiger partial charge in [-0.25, -0.2) is 13.2 Å². The van der Waals surface area contributed by atoms with Gasteiger partial charge in [0.15, 0.2) is 0 Å². The van der Waals surface area contributed by atoms with Crippen molar-refractivity contribution in [3.8, 4) is 0 Å². The number of aliphatic carboxylic acids is 1. The molecule has 1 aliphatic rings. The van der Waals surface area contributed by atoms with Crippen LogP contribution in [0.1, 0.15) is 18.9 Å². The Kier molecular flexibility index (Phi) is 5.38. The zero-order valence-electron chi connectivity index (χ0n) is 12.9. The van der Waals surface area contributed by atoms with E-state index < -0.39 is 27.9 Å². The number of amides is 1. The minimum absolute atomic E-state index is 0.0352. The molecule has 0 radical (unpaired) electrons. The molecule has 1 saturated heterocycles. The van der Waals surface area contributed by atoms with E-state index in [4.69, 9.17) is 0 Å². The van der Waals surface area contributed by atoms with Gasteiger partial charge in [-0.1, -0.05) is 30.3 Å². The van der Waals surface area contributed by atoms with Crippen molar-refractivity contribution in [2.24, 2.45) is 0 Å². The first kappa shape index (κ1) is 17.4. The molecule has 0 bridgehead atoms. The van der Waals surface area contributed by atoms with Gasteiger partial charge in [-0.2, -0.15) is 4.31 Å². The summed E-state index contributed by atoms with van der Waals surface area (Å²) in [5.41, 5.74) is 0.790. The minimum atomic E-state index is -3.40. The first-order chi connectivity index (χ1) is 10.8. The summed E-state index contributed by atoms with van der Waals surface area (Å²) in [7, 11) is -3.40. The Morgan fingerprint density at radius 2 is 1.96 bits per heavy atom. The fraction of sp³-hybridized carbons (Fsp3) is 0.467. The second kappa shape index (κ2) is 7.10. The molecule has 1 aromatic rings. The SMILES string of the molecule is CC(C(=O)O)N(Cc1ccccc1)C(=O)CN1CCCS1(=O)=O. The number of carboxylic acids is 1. The van der Waals surface area contributed by atoms with Crippen LogP contribution in [0, 0.1) is 0 Å². The Morgan fingerprint density at radius 3 is 2.48 bits per heavy atom. The van der Waals surface area contributed by atoms with Crippen LogP contribution in [0.3, 0.4) is 0 Å². The largest absolute Gasteiger partial charge is 0.480 e. The first-order valence-corrected chi connectivity index (χ1v) is 8.96. The summed E-state index contributed by atoms with van der Waals surface area (Å²) in [5.74, 6) is -1.60. The van der Waals surface area contributed by atoms with Crippen molar-refractivity contribution >= 4 is 21.9 Å². The van der Waals surface area contributed by atoms with Crippen LogP contribution >= 0.6 is 0 Å². The van der Waals surface area contributed by atoms with E-state index in [1.54, 1.807) is 24.3 Å². The van der Waals surface area contributed by atoms with Gasteiger partial charge in [0.25, 0.3) is 0 Å². The first-order valence-electron chi connectivity index (χ1n) is 7.35. The average molecular weight is 340 g/mol. The lowest BCUT2D eigenvalue weighted by Crippen LogP contribution is -2.47. The summed E-state index contributed by atoms with van der Waals surface area (Å²) >= 11 is 0. The third-order valence-corrected chi connectivity index (χ3v) is 5.76. The molecule has 1 aliphatic heterocycles. The van der Waals surface area contributed by atoms with Crippen LogP contribution in [0.15, 0.2) is 30.3 Å². The van der Waals surface area contributed by atoms with Gasteiger partial charge in [0.2, 0.25) is 15.9 Å². The number of nitrogens with zero attached hydrogens (tertiary/aromatic N) is 2. The van der Waals surface area contributed by atoms with Gasteiger partial charge >= 0.3 is 5.97 Å². The zero-order chi connectivity index (χ0) is 17.0. The van der Waals surface area contributed by atoms with Crippen LogP contribution in [-0.4, -0.2) is 59.5 Å². The summed E-state index contributed by atoms with van der Waals surface area (Å²) < 4.78 is 24.8. The van der Waals surface area contributed by atoms with Crippen LogP contribution in [-0.2, 0) is 26.2 Å². The third-order valence-electron chi connectivity index (χ3n) is 3.86. The number of benzene rings is 1. The van der Waals surface area contributed by atoms with E-state index in [0.29, 0.717) is 13.0 Å². The molecule has 0 saturated carbocycles. The lowest BCUT2D eigenvalue weighted by Gasteiger charge is -2.28. The van der Waals surface area contributed by atoms with Crippen LogP contribution in [0.5, 0.6) is 0 Å². The van der Waals surface area contributed by atoms with E-state index >= 15 is 0 Å². The van der Waals surface area contributed by atoms with Crippen LogP contribution in [0.4, 0.5) is 0 Å². The molecule has 1 unspecified atom stereocenters. The topological polar surface area (TPSA) is 95.0 Å². The number of carboxylic acid groups (broad SMARTS) is 1. The van der Waals surface area contributed by atoms with Crippen molar-refractivity contribution in [1.29, 1.82) is 0 Å². The molecule has 0 aliphatic carbocycles. The molecule has 0 spiro atoms. The molecule has 1 aromatic carbocycles. The molecule has 126 valence electrons. The third kappa shape index (κ3) is 4.29. The van der Waals surface area contributed by atoms with Crippen LogP contribution in [0.2, 0.25) is 0 Å². The van der Waals surface area contributed by atoms with E-state index in [2.05, 4.69) is 0 Å². The number of carbonyl (C=O) groups excluding carboxylic acids is 1. The summed E-state index contributed by atoms with van der Waals surface area (Å²) in [4.78, 5) is 25.0. The van der Waals surface area contributed by atoms with E-state index in [1.165, 1.54) is 11.8 Å². The maximum Gasteiger partial charge on any atom is 0.326 e. The minimum Gasteiger partial charge on any atom is -0.480 e. The van der Waals surface area contributed by atoms with E-state index in [0.717, 1.165) is 9.87 Å². The summed E-state index contributed by atoms with van der Waals surface area (Å²) in [6, 6.07) is 7.98. The number of hydrogen-bond donors (Lipinski definition) is 1. The standard InChI is InChI=1S/C15H20N2O5S/c1-12(15(19)20)17(10-13-6-3-2-4-7-13)14(18)11-16-8-5-9-23(16,21)22/h2-4,6-7,12H,5,8-11H2,1H3,(H,19,20). The van der Waals surface area contributed by atoms with Crippen LogP contribution < -0.4 is 0 Å². The highest BCUT2D eigenvalue weighted by Gasteiger charge is 2.33. The Balaban J connectivity index is 2.16. The van der Waals surface area contributed by atoms with Gasteiger partial charge in [0.1, 0.15) is 6.04 Å². The van der Waals surface area contributed by atoms with Crippen molar-refractivity contribution in [3.63, 3.8) is 0 Å². The molecule has 1 amide bonds. The van der Waals surface area contributed by atoms with Crippen molar-refractivity contribution in [2.45, 2.75) is 25.9 Å². The highest BCUT2D eigenvalue weighted by molar-refractivity contribution is 7.89. The lowest BCUT2D eigenvalue weighted by atomic mass is 10.1. The predicted molar refractivity (Wildman–Crippen MR) is 84.1 cm³/mol. The Labute approximate surface area is 135 Å². The summed E-state index contributed by atoms with van der Waals surface area (Å²) in [6.45, 7) is 1.53. The van der Waals surface area contributed by atoms with Crippen molar-refractivity contribution < 1.29 is 23.1 Å². The van der Waals surface area contributed by atoms with E-state index in [-0.39, 0.29) is 18.8 Å². The Morgan fingerprint density at radius 1 is 1.30 bits per heavy atom. The van der Waals surface area contributed by atoms with Gasteiger partial charge in [-0.3, -0.25) is 4.79 Å². The maximum absolute atomic E-state index is 12.5. The fourth-order valence-corrected chi connectivity index (χ4v) is 3.93. The molecular weight excluding hydrogens is 320 g/mol.